The third-order valence-corrected chi connectivity index (χ3v) is 7.52. The molecule has 1 unspecified atom stereocenters. The van der Waals surface area contributed by atoms with Crippen LogP contribution >= 0.6 is 0 Å². The fourth-order valence-electron chi connectivity index (χ4n) is 5.90. The van der Waals surface area contributed by atoms with Gasteiger partial charge in [0.15, 0.2) is 0 Å². The summed E-state index contributed by atoms with van der Waals surface area (Å²) in [6, 6.07) is 9.22. The van der Waals surface area contributed by atoms with Crippen LogP contribution in [0.4, 0.5) is 10.1 Å². The summed E-state index contributed by atoms with van der Waals surface area (Å²) < 4.78 is 13.3. The quantitative estimate of drug-likeness (QED) is 0.712. The number of hydrogen-bond acceptors (Lipinski definition) is 1. The van der Waals surface area contributed by atoms with Crippen LogP contribution in [0.1, 0.15) is 65.8 Å². The van der Waals surface area contributed by atoms with Crippen molar-refractivity contribution in [3.05, 3.63) is 64.0 Å². The average molecular weight is 378 g/mol. The molecule has 0 saturated heterocycles. The first-order valence-electron chi connectivity index (χ1n) is 10.6. The molecule has 3 fully saturated rings. The molecule has 2 nitrogen and oxygen atoms in total. The lowest BCUT2D eigenvalue weighted by atomic mass is 9.43. The summed E-state index contributed by atoms with van der Waals surface area (Å²) in [6.07, 6.45) is 7.52. The van der Waals surface area contributed by atoms with E-state index in [1.165, 1.54) is 47.1 Å². The molecular weight excluding hydrogens is 349 g/mol. The second kappa shape index (κ2) is 6.43. The number of hydrogen-bond donors (Lipinski definition) is 1. The lowest BCUT2D eigenvalue weighted by molar-refractivity contribution is -0.139. The van der Waals surface area contributed by atoms with E-state index >= 15 is 0 Å². The Kier molecular flexibility index (Phi) is 4.12. The Morgan fingerprint density at radius 3 is 2.54 bits per heavy atom. The number of nitrogens with one attached hydrogen (secondary N) is 1. The van der Waals surface area contributed by atoms with Gasteiger partial charge in [0.05, 0.1) is 0 Å². The van der Waals surface area contributed by atoms with Crippen LogP contribution in [0.5, 0.6) is 0 Å². The first-order valence-corrected chi connectivity index (χ1v) is 10.6. The van der Waals surface area contributed by atoms with Gasteiger partial charge in [-0.2, -0.15) is 0 Å². The summed E-state index contributed by atoms with van der Waals surface area (Å²) in [5, 5.41) is 3.25. The molecule has 3 heteroatoms. The second-order valence-corrected chi connectivity index (χ2v) is 9.53. The summed E-state index contributed by atoms with van der Waals surface area (Å²) >= 11 is 0. The zero-order valence-corrected chi connectivity index (χ0v) is 16.8. The molecule has 28 heavy (non-hydrogen) atoms. The standard InChI is InChI=1S/C25H28FNO/c1-15-9-20-4-3-19(18-5-7-21(26)8-6-18)10-22(20)16(2)24(15)27-23(28)14-25-11-17(12-25)13-25/h5-9,17,19H,3-4,10-14H2,1-2H3,(H,27,28). The Bertz CT molecular complexity index is 929. The number of rotatable bonds is 4. The fraction of sp³-hybridized carbons (Fsp3) is 0.480. The normalized spacial score (nSPS) is 27.4. The number of benzene rings is 2. The molecule has 146 valence electrons. The van der Waals surface area contributed by atoms with Gasteiger partial charge in [0.25, 0.3) is 0 Å². The molecule has 0 heterocycles. The maximum absolute atomic E-state index is 13.3. The molecule has 6 rings (SSSR count). The molecular formula is C25H28FNO. The summed E-state index contributed by atoms with van der Waals surface area (Å²) in [6.45, 7) is 4.26. The summed E-state index contributed by atoms with van der Waals surface area (Å²) in [5.74, 6) is 1.32. The third-order valence-electron chi connectivity index (χ3n) is 7.52. The lowest BCUT2D eigenvalue weighted by Gasteiger charge is -2.61. The van der Waals surface area contributed by atoms with E-state index in [0.717, 1.165) is 30.9 Å². The number of anilines is 1. The van der Waals surface area contributed by atoms with Crippen LogP contribution in [-0.2, 0) is 17.6 Å². The number of halogens is 1. The highest BCUT2D eigenvalue weighted by molar-refractivity contribution is 5.93. The molecule has 0 aromatic heterocycles. The van der Waals surface area contributed by atoms with Gasteiger partial charge in [-0.15, -0.1) is 0 Å². The molecule has 2 aromatic carbocycles. The Balaban J connectivity index is 1.37. The van der Waals surface area contributed by atoms with Crippen LogP contribution in [0.25, 0.3) is 0 Å². The van der Waals surface area contributed by atoms with Crippen LogP contribution in [0.2, 0.25) is 0 Å². The largest absolute Gasteiger partial charge is 0.326 e. The van der Waals surface area contributed by atoms with Gasteiger partial charge in [0.1, 0.15) is 5.82 Å². The molecule has 2 aromatic rings. The Hall–Kier alpha value is -2.16. The van der Waals surface area contributed by atoms with Gasteiger partial charge in [0, 0.05) is 12.1 Å². The van der Waals surface area contributed by atoms with E-state index in [1.807, 2.05) is 12.1 Å². The molecule has 0 aliphatic heterocycles. The van der Waals surface area contributed by atoms with E-state index < -0.39 is 0 Å². The van der Waals surface area contributed by atoms with Crippen molar-refractivity contribution in [3.8, 4) is 0 Å². The van der Waals surface area contributed by atoms with Gasteiger partial charge in [0.2, 0.25) is 5.91 Å². The zero-order valence-electron chi connectivity index (χ0n) is 16.8. The monoisotopic (exact) mass is 377 g/mol. The first-order chi connectivity index (χ1) is 13.4. The molecule has 0 spiro atoms. The minimum Gasteiger partial charge on any atom is -0.326 e. The van der Waals surface area contributed by atoms with E-state index in [2.05, 4.69) is 25.2 Å². The highest BCUT2D eigenvalue weighted by atomic mass is 19.1. The van der Waals surface area contributed by atoms with Gasteiger partial charge in [-0.05, 0) is 110 Å². The fourth-order valence-corrected chi connectivity index (χ4v) is 5.90. The first kappa shape index (κ1) is 17.9. The van der Waals surface area contributed by atoms with Gasteiger partial charge < -0.3 is 5.32 Å². The van der Waals surface area contributed by atoms with Crippen molar-refractivity contribution in [1.29, 1.82) is 0 Å². The van der Waals surface area contributed by atoms with Crippen LogP contribution in [-0.4, -0.2) is 5.91 Å². The van der Waals surface area contributed by atoms with E-state index in [9.17, 15) is 9.18 Å². The molecule has 4 aliphatic carbocycles. The lowest BCUT2D eigenvalue weighted by Crippen LogP contribution is -2.53. The molecule has 1 amide bonds. The molecule has 0 radical (unpaired) electrons. The average Bonchev–Trinajstić information content (AvgIpc) is 2.61. The summed E-state index contributed by atoms with van der Waals surface area (Å²) in [7, 11) is 0. The molecule has 4 aliphatic rings. The van der Waals surface area contributed by atoms with E-state index in [1.54, 1.807) is 12.1 Å². The van der Waals surface area contributed by atoms with Gasteiger partial charge in [-0.1, -0.05) is 18.2 Å². The van der Waals surface area contributed by atoms with Crippen LogP contribution in [0, 0.1) is 31.0 Å². The smallest absolute Gasteiger partial charge is 0.224 e. The van der Waals surface area contributed by atoms with Crippen LogP contribution in [0.15, 0.2) is 30.3 Å². The Morgan fingerprint density at radius 2 is 1.89 bits per heavy atom. The van der Waals surface area contributed by atoms with Gasteiger partial charge in [-0.3, -0.25) is 4.79 Å². The van der Waals surface area contributed by atoms with Crippen molar-refractivity contribution >= 4 is 11.6 Å². The predicted molar refractivity (Wildman–Crippen MR) is 110 cm³/mol. The topological polar surface area (TPSA) is 29.1 Å². The number of aryl methyl sites for hydroxylation is 2. The minimum atomic E-state index is -0.180. The Labute approximate surface area is 166 Å². The number of carbonyl (C=O) groups is 1. The maximum Gasteiger partial charge on any atom is 0.224 e. The number of amides is 1. The molecule has 1 atom stereocenters. The van der Waals surface area contributed by atoms with Crippen molar-refractivity contribution in [2.75, 3.05) is 5.32 Å². The van der Waals surface area contributed by atoms with Crippen molar-refractivity contribution in [2.45, 2.75) is 64.7 Å². The summed E-state index contributed by atoms with van der Waals surface area (Å²) in [4.78, 5) is 12.7. The number of fused-ring (bicyclic) bond motifs is 1. The number of carbonyl (C=O) groups excluding carboxylic acids is 1. The van der Waals surface area contributed by atoms with Crippen molar-refractivity contribution < 1.29 is 9.18 Å². The minimum absolute atomic E-state index is 0.176. The van der Waals surface area contributed by atoms with Gasteiger partial charge in [-0.25, -0.2) is 4.39 Å². The molecule has 1 N–H and O–H groups in total. The summed E-state index contributed by atoms with van der Waals surface area (Å²) in [5.41, 5.74) is 7.71. The van der Waals surface area contributed by atoms with E-state index in [0.29, 0.717) is 17.8 Å². The molecule has 3 saturated carbocycles. The molecule has 2 bridgehead atoms. The van der Waals surface area contributed by atoms with Crippen molar-refractivity contribution in [2.24, 2.45) is 11.3 Å². The maximum atomic E-state index is 13.3. The van der Waals surface area contributed by atoms with Crippen molar-refractivity contribution in [3.63, 3.8) is 0 Å². The van der Waals surface area contributed by atoms with Crippen LogP contribution in [0.3, 0.4) is 0 Å². The SMILES string of the molecule is Cc1cc2c(c(C)c1NC(=O)CC13CC(C1)C3)CC(c1ccc(F)cc1)CC2. The van der Waals surface area contributed by atoms with E-state index in [4.69, 9.17) is 0 Å². The van der Waals surface area contributed by atoms with E-state index in [-0.39, 0.29) is 11.7 Å². The third kappa shape index (κ3) is 2.96. The second-order valence-electron chi connectivity index (χ2n) is 9.53. The van der Waals surface area contributed by atoms with Crippen LogP contribution < -0.4 is 5.32 Å². The van der Waals surface area contributed by atoms with Crippen molar-refractivity contribution in [1.82, 2.24) is 0 Å². The highest BCUT2D eigenvalue weighted by Gasteiger charge is 2.56. The van der Waals surface area contributed by atoms with Gasteiger partial charge >= 0.3 is 0 Å². The highest BCUT2D eigenvalue weighted by Crippen LogP contribution is 2.66. The zero-order chi connectivity index (χ0) is 19.5. The Morgan fingerprint density at radius 1 is 1.18 bits per heavy atom. The predicted octanol–water partition coefficient (Wildman–Crippen LogP) is 5.84.